The van der Waals surface area contributed by atoms with Gasteiger partial charge in [-0.3, -0.25) is 0 Å². The SMILES string of the molecule is CC(C)c1ccc(S(=O)(=O)C2COCCC2N)cc1. The number of ether oxygens (including phenoxy) is 1. The van der Waals surface area contributed by atoms with E-state index in [9.17, 15) is 8.42 Å². The Morgan fingerprint density at radius 3 is 2.42 bits per heavy atom. The van der Waals surface area contributed by atoms with Crippen LogP contribution in [0.25, 0.3) is 0 Å². The summed E-state index contributed by atoms with van der Waals surface area (Å²) in [6, 6.07) is 6.74. The van der Waals surface area contributed by atoms with E-state index in [-0.39, 0.29) is 12.6 Å². The number of hydrogen-bond acceptors (Lipinski definition) is 4. The van der Waals surface area contributed by atoms with Crippen LogP contribution in [0.5, 0.6) is 0 Å². The zero-order valence-electron chi connectivity index (χ0n) is 11.4. The Hall–Kier alpha value is -0.910. The summed E-state index contributed by atoms with van der Waals surface area (Å²) in [5.74, 6) is 0.386. The van der Waals surface area contributed by atoms with Crippen LogP contribution in [0.2, 0.25) is 0 Å². The van der Waals surface area contributed by atoms with Crippen LogP contribution < -0.4 is 5.73 Å². The van der Waals surface area contributed by atoms with E-state index in [1.54, 1.807) is 12.1 Å². The van der Waals surface area contributed by atoms with E-state index >= 15 is 0 Å². The molecule has 1 heterocycles. The molecule has 2 atom stereocenters. The van der Waals surface area contributed by atoms with Gasteiger partial charge in [0.1, 0.15) is 5.25 Å². The Kier molecular flexibility index (Phi) is 4.28. The van der Waals surface area contributed by atoms with Crippen LogP contribution in [-0.4, -0.2) is 32.9 Å². The first-order valence-corrected chi connectivity index (χ1v) is 8.14. The van der Waals surface area contributed by atoms with Gasteiger partial charge in [-0.2, -0.15) is 0 Å². The standard InChI is InChI=1S/C14H21NO3S/c1-10(2)11-3-5-12(6-4-11)19(16,17)14-9-18-8-7-13(14)15/h3-6,10,13-14H,7-9,15H2,1-2H3. The number of hydrogen-bond donors (Lipinski definition) is 1. The molecule has 0 radical (unpaired) electrons. The molecule has 0 amide bonds. The fourth-order valence-corrected chi connectivity index (χ4v) is 4.00. The average Bonchev–Trinajstić information content (AvgIpc) is 2.39. The molecule has 1 aliphatic rings. The second kappa shape index (κ2) is 5.61. The maximum absolute atomic E-state index is 12.5. The minimum Gasteiger partial charge on any atom is -0.380 e. The van der Waals surface area contributed by atoms with Crippen molar-refractivity contribution in [3.05, 3.63) is 29.8 Å². The Morgan fingerprint density at radius 1 is 1.26 bits per heavy atom. The summed E-state index contributed by atoms with van der Waals surface area (Å²) in [6.45, 7) is 4.89. The Morgan fingerprint density at radius 2 is 1.89 bits per heavy atom. The van der Waals surface area contributed by atoms with Crippen molar-refractivity contribution < 1.29 is 13.2 Å². The molecule has 106 valence electrons. The molecule has 0 saturated carbocycles. The first-order chi connectivity index (χ1) is 8.93. The van der Waals surface area contributed by atoms with Gasteiger partial charge in [-0.05, 0) is 30.0 Å². The molecule has 4 nitrogen and oxygen atoms in total. The van der Waals surface area contributed by atoms with E-state index in [2.05, 4.69) is 13.8 Å². The van der Waals surface area contributed by atoms with Crippen molar-refractivity contribution in [1.82, 2.24) is 0 Å². The highest BCUT2D eigenvalue weighted by Crippen LogP contribution is 2.24. The summed E-state index contributed by atoms with van der Waals surface area (Å²) in [6.07, 6.45) is 0.591. The molecule has 2 rings (SSSR count). The molecule has 1 saturated heterocycles. The van der Waals surface area contributed by atoms with Crippen molar-refractivity contribution in [2.45, 2.75) is 42.4 Å². The van der Waals surface area contributed by atoms with E-state index in [0.717, 1.165) is 5.56 Å². The molecular formula is C14H21NO3S. The van der Waals surface area contributed by atoms with Crippen molar-refractivity contribution in [3.8, 4) is 0 Å². The van der Waals surface area contributed by atoms with Gasteiger partial charge >= 0.3 is 0 Å². The Labute approximate surface area is 114 Å². The minimum atomic E-state index is -3.40. The quantitative estimate of drug-likeness (QED) is 0.916. The smallest absolute Gasteiger partial charge is 0.185 e. The van der Waals surface area contributed by atoms with Gasteiger partial charge in [0.25, 0.3) is 0 Å². The van der Waals surface area contributed by atoms with Crippen LogP contribution in [0.1, 0.15) is 31.7 Å². The normalized spacial score (nSPS) is 24.6. The number of rotatable bonds is 3. The van der Waals surface area contributed by atoms with Crippen LogP contribution in [0.4, 0.5) is 0 Å². The second-order valence-corrected chi connectivity index (χ2v) is 7.50. The summed E-state index contributed by atoms with van der Waals surface area (Å²) in [5, 5.41) is -0.633. The Balaban J connectivity index is 2.28. The van der Waals surface area contributed by atoms with Crippen molar-refractivity contribution in [1.29, 1.82) is 0 Å². The van der Waals surface area contributed by atoms with E-state index in [0.29, 0.717) is 23.8 Å². The van der Waals surface area contributed by atoms with Gasteiger partial charge in [0.05, 0.1) is 11.5 Å². The van der Waals surface area contributed by atoms with Crippen LogP contribution in [0.15, 0.2) is 29.2 Å². The van der Waals surface area contributed by atoms with Crippen molar-refractivity contribution in [3.63, 3.8) is 0 Å². The summed E-state index contributed by atoms with van der Waals surface area (Å²) in [7, 11) is -3.40. The maximum Gasteiger partial charge on any atom is 0.185 e. The Bertz CT molecular complexity index is 522. The molecule has 19 heavy (non-hydrogen) atoms. The van der Waals surface area contributed by atoms with E-state index in [1.165, 1.54) is 0 Å². The average molecular weight is 283 g/mol. The summed E-state index contributed by atoms with van der Waals surface area (Å²) in [4.78, 5) is 0.336. The fourth-order valence-electron chi connectivity index (χ4n) is 2.27. The third-order valence-corrected chi connectivity index (χ3v) is 5.84. The van der Waals surface area contributed by atoms with Crippen LogP contribution >= 0.6 is 0 Å². The van der Waals surface area contributed by atoms with Gasteiger partial charge in [0, 0.05) is 12.6 Å². The lowest BCUT2D eigenvalue weighted by Gasteiger charge is -2.28. The molecule has 5 heteroatoms. The molecule has 1 aromatic carbocycles. The second-order valence-electron chi connectivity index (χ2n) is 5.33. The number of nitrogens with two attached hydrogens (primary N) is 1. The summed E-state index contributed by atoms with van der Waals surface area (Å²) >= 11 is 0. The largest absolute Gasteiger partial charge is 0.380 e. The zero-order valence-corrected chi connectivity index (χ0v) is 12.2. The van der Waals surface area contributed by atoms with E-state index in [1.807, 2.05) is 12.1 Å². The molecular weight excluding hydrogens is 262 g/mol. The highest BCUT2D eigenvalue weighted by atomic mass is 32.2. The third kappa shape index (κ3) is 2.99. The first-order valence-electron chi connectivity index (χ1n) is 6.60. The highest BCUT2D eigenvalue weighted by Gasteiger charge is 2.35. The van der Waals surface area contributed by atoms with Gasteiger partial charge in [-0.1, -0.05) is 26.0 Å². The lowest BCUT2D eigenvalue weighted by Crippen LogP contribution is -2.47. The first kappa shape index (κ1) is 14.5. The summed E-state index contributed by atoms with van der Waals surface area (Å²) < 4.78 is 30.3. The minimum absolute atomic E-state index is 0.190. The lowest BCUT2D eigenvalue weighted by atomic mass is 10.0. The highest BCUT2D eigenvalue weighted by molar-refractivity contribution is 7.92. The predicted molar refractivity (Wildman–Crippen MR) is 74.9 cm³/mol. The number of sulfone groups is 1. The van der Waals surface area contributed by atoms with Gasteiger partial charge in [0.2, 0.25) is 0 Å². The molecule has 2 N–H and O–H groups in total. The van der Waals surface area contributed by atoms with Gasteiger partial charge < -0.3 is 10.5 Å². The molecule has 0 aromatic heterocycles. The molecule has 0 aliphatic carbocycles. The van der Waals surface area contributed by atoms with Crippen molar-refractivity contribution in [2.24, 2.45) is 5.73 Å². The molecule has 1 aromatic rings. The topological polar surface area (TPSA) is 69.4 Å². The summed E-state index contributed by atoms with van der Waals surface area (Å²) in [5.41, 5.74) is 7.05. The monoisotopic (exact) mass is 283 g/mol. The van der Waals surface area contributed by atoms with Crippen molar-refractivity contribution >= 4 is 9.84 Å². The van der Waals surface area contributed by atoms with Crippen molar-refractivity contribution in [2.75, 3.05) is 13.2 Å². The van der Waals surface area contributed by atoms with Gasteiger partial charge in [-0.25, -0.2) is 8.42 Å². The predicted octanol–water partition coefficient (Wildman–Crippen LogP) is 1.70. The fraction of sp³-hybridized carbons (Fsp3) is 0.571. The van der Waals surface area contributed by atoms with Crippen LogP contribution in [0.3, 0.4) is 0 Å². The van der Waals surface area contributed by atoms with Gasteiger partial charge in [0.15, 0.2) is 9.84 Å². The molecule has 1 fully saturated rings. The van der Waals surface area contributed by atoms with Crippen LogP contribution in [0, 0.1) is 0 Å². The number of benzene rings is 1. The van der Waals surface area contributed by atoms with E-state index in [4.69, 9.17) is 10.5 Å². The van der Waals surface area contributed by atoms with Gasteiger partial charge in [-0.15, -0.1) is 0 Å². The molecule has 0 spiro atoms. The molecule has 1 aliphatic heterocycles. The zero-order chi connectivity index (χ0) is 14.0. The molecule has 0 bridgehead atoms. The maximum atomic E-state index is 12.5. The van der Waals surface area contributed by atoms with E-state index < -0.39 is 15.1 Å². The van der Waals surface area contributed by atoms with Crippen LogP contribution in [-0.2, 0) is 14.6 Å². The molecule has 2 unspecified atom stereocenters. The third-order valence-electron chi connectivity index (χ3n) is 3.63. The lowest BCUT2D eigenvalue weighted by molar-refractivity contribution is 0.0891.